The summed E-state index contributed by atoms with van der Waals surface area (Å²) in [6.45, 7) is 6.35. The standard InChI is InChI=1S/C5H12Cl2Si/c1-4-5(2,3)8(6)7/h8H,4H2,1-3H3. The Kier molecular flexibility index (Phi) is 3.40. The highest BCUT2D eigenvalue weighted by Gasteiger charge is 2.25. The highest BCUT2D eigenvalue weighted by molar-refractivity contribution is 7.35. The van der Waals surface area contributed by atoms with Gasteiger partial charge in [0, 0.05) is 0 Å². The molecule has 0 fully saturated rings. The average Bonchev–Trinajstić information content (AvgIpc) is 1.67. The zero-order valence-corrected chi connectivity index (χ0v) is 8.21. The van der Waals surface area contributed by atoms with Crippen molar-refractivity contribution in [2.45, 2.75) is 32.2 Å². The molecule has 0 nitrogen and oxygen atoms in total. The summed E-state index contributed by atoms with van der Waals surface area (Å²) in [7, 11) is -1.44. The molecule has 0 aromatic heterocycles. The van der Waals surface area contributed by atoms with Crippen molar-refractivity contribution in [3.05, 3.63) is 0 Å². The summed E-state index contributed by atoms with van der Waals surface area (Å²) in [6, 6.07) is 0. The van der Waals surface area contributed by atoms with Gasteiger partial charge in [0.25, 0.3) is 0 Å². The molecule has 0 rings (SSSR count). The normalized spacial score (nSPS) is 12.8. The molecule has 0 heterocycles. The summed E-state index contributed by atoms with van der Waals surface area (Å²) in [5.74, 6) is 0. The molecule has 8 heavy (non-hydrogen) atoms. The van der Waals surface area contributed by atoms with Gasteiger partial charge < -0.3 is 0 Å². The summed E-state index contributed by atoms with van der Waals surface area (Å²) < 4.78 is 0. The molecule has 0 saturated heterocycles. The van der Waals surface area contributed by atoms with Crippen LogP contribution in [0.25, 0.3) is 0 Å². The van der Waals surface area contributed by atoms with Crippen molar-refractivity contribution in [2.75, 3.05) is 0 Å². The third-order valence-electron chi connectivity index (χ3n) is 1.50. The van der Waals surface area contributed by atoms with E-state index < -0.39 is 7.42 Å². The molecule has 50 valence electrons. The number of hydrogen-bond acceptors (Lipinski definition) is 0. The molecule has 0 aromatic carbocycles. The van der Waals surface area contributed by atoms with Crippen molar-refractivity contribution in [1.82, 2.24) is 0 Å². The van der Waals surface area contributed by atoms with Crippen LogP contribution in [0.2, 0.25) is 5.04 Å². The first-order valence-electron chi connectivity index (χ1n) is 2.79. The van der Waals surface area contributed by atoms with Crippen molar-refractivity contribution < 1.29 is 0 Å². The van der Waals surface area contributed by atoms with Gasteiger partial charge in [-0.05, 0) is 5.04 Å². The van der Waals surface area contributed by atoms with Crippen LogP contribution in [0.15, 0.2) is 0 Å². The van der Waals surface area contributed by atoms with E-state index in [4.69, 9.17) is 22.2 Å². The van der Waals surface area contributed by atoms with Crippen LogP contribution < -0.4 is 0 Å². The van der Waals surface area contributed by atoms with Gasteiger partial charge in [-0.25, -0.2) is 0 Å². The first-order chi connectivity index (χ1) is 3.50. The summed E-state index contributed by atoms with van der Waals surface area (Å²) >= 11 is 11.5. The minimum absolute atomic E-state index is 0.211. The van der Waals surface area contributed by atoms with Gasteiger partial charge in [0.1, 0.15) is 0 Å². The quantitative estimate of drug-likeness (QED) is 0.442. The predicted octanol–water partition coefficient (Wildman–Crippen LogP) is 2.87. The second kappa shape index (κ2) is 3.09. The Hall–Kier alpha value is 0.797. The average molecular weight is 171 g/mol. The third kappa shape index (κ3) is 2.38. The Morgan fingerprint density at radius 1 is 1.38 bits per heavy atom. The van der Waals surface area contributed by atoms with Gasteiger partial charge in [0.2, 0.25) is 7.42 Å². The summed E-state index contributed by atoms with van der Waals surface area (Å²) in [4.78, 5) is 0. The van der Waals surface area contributed by atoms with Gasteiger partial charge in [-0.3, -0.25) is 0 Å². The van der Waals surface area contributed by atoms with Gasteiger partial charge in [-0.2, -0.15) is 0 Å². The van der Waals surface area contributed by atoms with Crippen LogP contribution in [0.1, 0.15) is 27.2 Å². The maximum atomic E-state index is 5.77. The van der Waals surface area contributed by atoms with E-state index in [9.17, 15) is 0 Å². The van der Waals surface area contributed by atoms with Crippen LogP contribution in [0.5, 0.6) is 0 Å². The molecule has 0 radical (unpaired) electrons. The van der Waals surface area contributed by atoms with Crippen molar-refractivity contribution in [1.29, 1.82) is 0 Å². The van der Waals surface area contributed by atoms with Gasteiger partial charge in [-0.1, -0.05) is 27.2 Å². The van der Waals surface area contributed by atoms with Gasteiger partial charge in [0.15, 0.2) is 0 Å². The van der Waals surface area contributed by atoms with E-state index in [1.807, 2.05) is 0 Å². The Bertz CT molecular complexity index is 70.8. The molecule has 0 N–H and O–H groups in total. The molecule has 0 aromatic rings. The summed E-state index contributed by atoms with van der Waals surface area (Å²) in [5.41, 5.74) is 0. The second-order valence-electron chi connectivity index (χ2n) is 2.64. The molecular weight excluding hydrogens is 159 g/mol. The lowest BCUT2D eigenvalue weighted by Crippen LogP contribution is -2.14. The topological polar surface area (TPSA) is 0 Å². The van der Waals surface area contributed by atoms with Crippen molar-refractivity contribution in [2.24, 2.45) is 0 Å². The first-order valence-corrected chi connectivity index (χ1v) is 6.85. The SMILES string of the molecule is CCC(C)(C)[SiH](Cl)Cl. The van der Waals surface area contributed by atoms with E-state index in [1.165, 1.54) is 0 Å². The molecule has 0 atom stereocenters. The van der Waals surface area contributed by atoms with Crippen molar-refractivity contribution in [3.63, 3.8) is 0 Å². The van der Waals surface area contributed by atoms with Crippen LogP contribution in [0.4, 0.5) is 0 Å². The lowest BCUT2D eigenvalue weighted by atomic mass is 10.1. The fourth-order valence-electron chi connectivity index (χ4n) is 0.154. The van der Waals surface area contributed by atoms with E-state index >= 15 is 0 Å². The first kappa shape index (κ1) is 8.80. The largest absolute Gasteiger partial charge is 0.242 e. The van der Waals surface area contributed by atoms with Gasteiger partial charge in [0.05, 0.1) is 0 Å². The molecule has 3 heteroatoms. The Labute approximate surface area is 62.2 Å². The molecule has 0 aliphatic rings. The summed E-state index contributed by atoms with van der Waals surface area (Å²) in [5, 5.41) is 0.211. The van der Waals surface area contributed by atoms with E-state index in [1.54, 1.807) is 0 Å². The minimum Gasteiger partial charge on any atom is -0.150 e. The molecular formula is C5H12Cl2Si. The lowest BCUT2D eigenvalue weighted by molar-refractivity contribution is 0.647. The smallest absolute Gasteiger partial charge is 0.150 e. The maximum absolute atomic E-state index is 5.77. The van der Waals surface area contributed by atoms with Crippen LogP contribution in [0, 0.1) is 0 Å². The zero-order valence-electron chi connectivity index (χ0n) is 5.54. The van der Waals surface area contributed by atoms with E-state index in [2.05, 4.69) is 20.8 Å². The van der Waals surface area contributed by atoms with E-state index in [-0.39, 0.29) is 5.04 Å². The highest BCUT2D eigenvalue weighted by Crippen LogP contribution is 2.35. The van der Waals surface area contributed by atoms with Crippen LogP contribution in [-0.2, 0) is 0 Å². The zero-order chi connectivity index (χ0) is 6.78. The summed E-state index contributed by atoms with van der Waals surface area (Å²) in [6.07, 6.45) is 1.08. The molecule has 0 aliphatic carbocycles. The van der Waals surface area contributed by atoms with Crippen LogP contribution >= 0.6 is 22.2 Å². The van der Waals surface area contributed by atoms with Gasteiger partial charge in [-0.15, -0.1) is 22.2 Å². The fourth-order valence-corrected chi connectivity index (χ4v) is 1.39. The van der Waals surface area contributed by atoms with E-state index in [0.717, 1.165) is 6.42 Å². The monoisotopic (exact) mass is 170 g/mol. The second-order valence-corrected chi connectivity index (χ2v) is 8.10. The molecule has 0 aliphatic heterocycles. The Morgan fingerprint density at radius 2 is 1.75 bits per heavy atom. The number of halogens is 2. The minimum atomic E-state index is -1.44. The third-order valence-corrected chi connectivity index (χ3v) is 6.64. The highest BCUT2D eigenvalue weighted by atomic mass is 35.7. The van der Waals surface area contributed by atoms with Crippen molar-refractivity contribution in [3.8, 4) is 0 Å². The van der Waals surface area contributed by atoms with Gasteiger partial charge >= 0.3 is 0 Å². The van der Waals surface area contributed by atoms with Crippen molar-refractivity contribution >= 4 is 29.6 Å². The number of rotatable bonds is 2. The van der Waals surface area contributed by atoms with Crippen LogP contribution in [0.3, 0.4) is 0 Å². The Morgan fingerprint density at radius 3 is 1.75 bits per heavy atom. The van der Waals surface area contributed by atoms with Crippen LogP contribution in [-0.4, -0.2) is 7.42 Å². The van der Waals surface area contributed by atoms with E-state index in [0.29, 0.717) is 0 Å². The maximum Gasteiger partial charge on any atom is 0.242 e. The molecule has 0 saturated carbocycles. The molecule has 0 unspecified atom stereocenters. The molecule has 0 spiro atoms. The predicted molar refractivity (Wildman–Crippen MR) is 43.2 cm³/mol. The molecule has 0 amide bonds. The Balaban J connectivity index is 3.71. The lowest BCUT2D eigenvalue weighted by Gasteiger charge is -2.21. The number of hydrogen-bond donors (Lipinski definition) is 0. The molecule has 0 bridgehead atoms. The fraction of sp³-hybridized carbons (Fsp3) is 1.00.